The molecule has 4 N–H and O–H groups in total. The van der Waals surface area contributed by atoms with E-state index in [-0.39, 0.29) is 17.4 Å². The van der Waals surface area contributed by atoms with Gasteiger partial charge in [0.1, 0.15) is 11.5 Å². The van der Waals surface area contributed by atoms with Crippen LogP contribution in [0.25, 0.3) is 0 Å². The quantitative estimate of drug-likeness (QED) is 0.658. The summed E-state index contributed by atoms with van der Waals surface area (Å²) in [5, 5.41) is 2.98. The van der Waals surface area contributed by atoms with E-state index < -0.39 is 11.2 Å². The fourth-order valence-corrected chi connectivity index (χ4v) is 1.82. The highest BCUT2D eigenvalue weighted by Crippen LogP contribution is 2.11. The van der Waals surface area contributed by atoms with Crippen molar-refractivity contribution in [1.82, 2.24) is 9.55 Å². The second-order valence-electron chi connectivity index (χ2n) is 4.61. The van der Waals surface area contributed by atoms with E-state index in [1.807, 2.05) is 13.8 Å². The van der Waals surface area contributed by atoms with Crippen molar-refractivity contribution in [1.29, 1.82) is 0 Å². The fraction of sp³-hybridized carbons (Fsp3) is 0.667. The highest BCUT2D eigenvalue weighted by atomic mass is 16.5. The molecule has 1 atom stereocenters. The monoisotopic (exact) mass is 270 g/mol. The number of nitrogen functional groups attached to an aromatic ring is 1. The molecule has 7 heteroatoms. The Labute approximate surface area is 111 Å². The minimum atomic E-state index is -0.487. The third-order valence-corrected chi connectivity index (χ3v) is 2.77. The minimum Gasteiger partial charge on any atom is -0.384 e. The van der Waals surface area contributed by atoms with Crippen molar-refractivity contribution in [3.05, 3.63) is 20.8 Å². The van der Waals surface area contributed by atoms with Crippen molar-refractivity contribution < 1.29 is 4.74 Å². The fourth-order valence-electron chi connectivity index (χ4n) is 1.82. The van der Waals surface area contributed by atoms with Gasteiger partial charge in [0.25, 0.3) is 5.56 Å². The number of ether oxygens (including phenoxy) is 1. The highest BCUT2D eigenvalue weighted by molar-refractivity contribution is 5.60. The standard InChI is InChI=1S/C12H22N4O3/c1-4-5-16-10(13)9(11(17)15-12(16)18)14-6-8(2)7-19-3/h8,14H,4-7,13H2,1-3H3,(H,15,17,18). The number of nitrogens with two attached hydrogens (primary N) is 1. The summed E-state index contributed by atoms with van der Waals surface area (Å²) in [5.74, 6) is 0.413. The van der Waals surface area contributed by atoms with Crippen LogP contribution in [0.4, 0.5) is 11.5 Å². The van der Waals surface area contributed by atoms with Crippen molar-refractivity contribution in [2.45, 2.75) is 26.8 Å². The lowest BCUT2D eigenvalue weighted by molar-refractivity contribution is 0.164. The lowest BCUT2D eigenvalue weighted by atomic mass is 10.2. The molecule has 0 radical (unpaired) electrons. The number of anilines is 2. The van der Waals surface area contributed by atoms with Crippen LogP contribution in [0.5, 0.6) is 0 Å². The maximum Gasteiger partial charge on any atom is 0.330 e. The molecule has 19 heavy (non-hydrogen) atoms. The SMILES string of the molecule is CCCn1c(N)c(NCC(C)COC)c(=O)[nH]c1=O. The summed E-state index contributed by atoms with van der Waals surface area (Å²) in [6, 6.07) is 0. The first-order valence-electron chi connectivity index (χ1n) is 6.36. The van der Waals surface area contributed by atoms with E-state index in [1.165, 1.54) is 4.57 Å². The molecular formula is C12H22N4O3. The van der Waals surface area contributed by atoms with Crippen molar-refractivity contribution in [2.75, 3.05) is 31.3 Å². The number of methoxy groups -OCH3 is 1. The van der Waals surface area contributed by atoms with E-state index >= 15 is 0 Å². The first kappa shape index (κ1) is 15.3. The zero-order valence-corrected chi connectivity index (χ0v) is 11.7. The molecule has 1 aromatic heterocycles. The van der Waals surface area contributed by atoms with E-state index in [9.17, 15) is 9.59 Å². The Morgan fingerprint density at radius 3 is 2.74 bits per heavy atom. The molecule has 1 heterocycles. The topological polar surface area (TPSA) is 102 Å². The van der Waals surface area contributed by atoms with Crippen molar-refractivity contribution in [3.63, 3.8) is 0 Å². The Hall–Kier alpha value is -1.76. The predicted molar refractivity (Wildman–Crippen MR) is 75.6 cm³/mol. The zero-order valence-electron chi connectivity index (χ0n) is 11.7. The first-order chi connectivity index (χ1) is 9.01. The van der Waals surface area contributed by atoms with E-state index in [4.69, 9.17) is 10.5 Å². The van der Waals surface area contributed by atoms with E-state index in [1.54, 1.807) is 7.11 Å². The van der Waals surface area contributed by atoms with Crippen LogP contribution in [-0.4, -0.2) is 29.8 Å². The molecule has 108 valence electrons. The molecule has 1 rings (SSSR count). The van der Waals surface area contributed by atoms with E-state index in [0.717, 1.165) is 6.42 Å². The molecule has 1 unspecified atom stereocenters. The summed E-state index contributed by atoms with van der Waals surface area (Å²) in [4.78, 5) is 25.6. The number of hydrogen-bond donors (Lipinski definition) is 3. The molecule has 1 aromatic rings. The van der Waals surface area contributed by atoms with Gasteiger partial charge in [0.2, 0.25) is 0 Å². The lowest BCUT2D eigenvalue weighted by Gasteiger charge is -2.15. The first-order valence-corrected chi connectivity index (χ1v) is 6.36. The molecule has 0 saturated carbocycles. The minimum absolute atomic E-state index is 0.181. The lowest BCUT2D eigenvalue weighted by Crippen LogP contribution is -2.34. The van der Waals surface area contributed by atoms with Crippen LogP contribution in [0.1, 0.15) is 20.3 Å². The average molecular weight is 270 g/mol. The molecular weight excluding hydrogens is 248 g/mol. The van der Waals surface area contributed by atoms with Gasteiger partial charge in [-0.05, 0) is 12.3 Å². The summed E-state index contributed by atoms with van der Waals surface area (Å²) >= 11 is 0. The van der Waals surface area contributed by atoms with Crippen LogP contribution in [0.15, 0.2) is 9.59 Å². The number of nitrogens with zero attached hydrogens (tertiary/aromatic N) is 1. The van der Waals surface area contributed by atoms with Crippen LogP contribution < -0.4 is 22.3 Å². The zero-order chi connectivity index (χ0) is 14.4. The molecule has 0 fully saturated rings. The van der Waals surface area contributed by atoms with Gasteiger partial charge in [0.05, 0.1) is 6.61 Å². The Morgan fingerprint density at radius 2 is 2.16 bits per heavy atom. The molecule has 7 nitrogen and oxygen atoms in total. The number of hydrogen-bond acceptors (Lipinski definition) is 5. The number of aromatic nitrogens is 2. The molecule has 0 amide bonds. The third kappa shape index (κ3) is 3.85. The van der Waals surface area contributed by atoms with Gasteiger partial charge in [-0.15, -0.1) is 0 Å². The Kier molecular flexibility index (Phi) is 5.62. The highest BCUT2D eigenvalue weighted by Gasteiger charge is 2.12. The van der Waals surface area contributed by atoms with E-state index in [0.29, 0.717) is 19.7 Å². The number of rotatable bonds is 7. The van der Waals surface area contributed by atoms with Gasteiger partial charge in [0.15, 0.2) is 0 Å². The number of H-pyrrole nitrogens is 1. The molecule has 0 saturated heterocycles. The summed E-state index contributed by atoms with van der Waals surface area (Å²) in [6.45, 7) is 5.53. The van der Waals surface area contributed by atoms with Crippen LogP contribution in [0, 0.1) is 5.92 Å². The van der Waals surface area contributed by atoms with Gasteiger partial charge in [-0.1, -0.05) is 13.8 Å². The summed E-state index contributed by atoms with van der Waals surface area (Å²) in [7, 11) is 1.62. The molecule has 0 aromatic carbocycles. The van der Waals surface area contributed by atoms with Gasteiger partial charge in [-0.2, -0.15) is 0 Å². The maximum absolute atomic E-state index is 11.7. The summed E-state index contributed by atoms with van der Waals surface area (Å²) in [5.41, 5.74) is 5.17. The predicted octanol–water partition coefficient (Wildman–Crippen LogP) is 0.223. The smallest absolute Gasteiger partial charge is 0.330 e. The second kappa shape index (κ2) is 6.98. The Balaban J connectivity index is 2.97. The summed E-state index contributed by atoms with van der Waals surface area (Å²) in [6.07, 6.45) is 0.760. The number of aromatic amines is 1. The van der Waals surface area contributed by atoms with Gasteiger partial charge in [-0.3, -0.25) is 14.3 Å². The summed E-state index contributed by atoms with van der Waals surface area (Å²) < 4.78 is 6.39. The van der Waals surface area contributed by atoms with Crippen LogP contribution in [-0.2, 0) is 11.3 Å². The Bertz CT molecular complexity index is 521. The molecule has 0 spiro atoms. The molecule has 0 bridgehead atoms. The van der Waals surface area contributed by atoms with Crippen molar-refractivity contribution in [2.24, 2.45) is 5.92 Å². The van der Waals surface area contributed by atoms with Crippen molar-refractivity contribution in [3.8, 4) is 0 Å². The van der Waals surface area contributed by atoms with Gasteiger partial charge >= 0.3 is 5.69 Å². The third-order valence-electron chi connectivity index (χ3n) is 2.77. The van der Waals surface area contributed by atoms with Gasteiger partial charge < -0.3 is 15.8 Å². The van der Waals surface area contributed by atoms with Crippen LogP contribution in [0.3, 0.4) is 0 Å². The van der Waals surface area contributed by atoms with Crippen molar-refractivity contribution >= 4 is 11.5 Å². The largest absolute Gasteiger partial charge is 0.384 e. The molecule has 0 aliphatic heterocycles. The van der Waals surface area contributed by atoms with Gasteiger partial charge in [-0.25, -0.2) is 4.79 Å². The molecule has 0 aliphatic carbocycles. The van der Waals surface area contributed by atoms with Gasteiger partial charge in [0, 0.05) is 20.2 Å². The number of nitrogens with one attached hydrogen (secondary N) is 2. The molecule has 0 aliphatic rings. The van der Waals surface area contributed by atoms with Crippen LogP contribution in [0.2, 0.25) is 0 Å². The Morgan fingerprint density at radius 1 is 1.47 bits per heavy atom. The maximum atomic E-state index is 11.7. The second-order valence-corrected chi connectivity index (χ2v) is 4.61. The van der Waals surface area contributed by atoms with E-state index in [2.05, 4.69) is 10.3 Å². The average Bonchev–Trinajstić information content (AvgIpc) is 2.34. The van der Waals surface area contributed by atoms with Crippen LogP contribution >= 0.6 is 0 Å². The normalized spacial score (nSPS) is 12.4.